The Bertz CT molecular complexity index is 443. The zero-order valence-corrected chi connectivity index (χ0v) is 12.7. The van der Waals surface area contributed by atoms with Crippen LogP contribution in [0.4, 0.5) is 0 Å². The summed E-state index contributed by atoms with van der Waals surface area (Å²) in [5.41, 5.74) is 0.702. The van der Waals surface area contributed by atoms with Gasteiger partial charge in [-0.05, 0) is 47.9 Å². The normalized spacial score (nSPS) is 25.1. The summed E-state index contributed by atoms with van der Waals surface area (Å²) in [5, 5.41) is 3.15. The summed E-state index contributed by atoms with van der Waals surface area (Å²) in [6.07, 6.45) is 2.92. The lowest BCUT2D eigenvalue weighted by Crippen LogP contribution is -2.49. The van der Waals surface area contributed by atoms with Gasteiger partial charge in [-0.2, -0.15) is 0 Å². The molecule has 1 aromatic heterocycles. The van der Waals surface area contributed by atoms with Crippen LogP contribution in [0.3, 0.4) is 0 Å². The summed E-state index contributed by atoms with van der Waals surface area (Å²) < 4.78 is 2.78. The van der Waals surface area contributed by atoms with Crippen molar-refractivity contribution in [1.29, 1.82) is 0 Å². The van der Waals surface area contributed by atoms with Crippen molar-refractivity contribution < 1.29 is 4.79 Å². The van der Waals surface area contributed by atoms with Crippen LogP contribution < -0.4 is 5.32 Å². The monoisotopic (exact) mass is 313 g/mol. The van der Waals surface area contributed by atoms with Crippen LogP contribution in [0.1, 0.15) is 23.8 Å². The van der Waals surface area contributed by atoms with Crippen molar-refractivity contribution in [3.8, 4) is 0 Å². The highest BCUT2D eigenvalue weighted by Gasteiger charge is 2.26. The standard InChI is InChI=1S/C13H20BrN3O/c1-9-7-16(2)5-4-11(9)15-13(18)12-6-10(14)8-17(12)3/h6,8-9,11H,4-5,7H2,1-3H3,(H,15,18). The van der Waals surface area contributed by atoms with Crippen molar-refractivity contribution >= 4 is 21.8 Å². The van der Waals surface area contributed by atoms with E-state index in [1.807, 2.05) is 23.9 Å². The molecule has 18 heavy (non-hydrogen) atoms. The molecule has 2 atom stereocenters. The Labute approximate surface area is 116 Å². The first-order valence-electron chi connectivity index (χ1n) is 6.28. The number of aryl methyl sites for hydroxylation is 1. The second-order valence-electron chi connectivity index (χ2n) is 5.26. The Morgan fingerprint density at radius 3 is 2.78 bits per heavy atom. The van der Waals surface area contributed by atoms with Gasteiger partial charge in [-0.3, -0.25) is 4.79 Å². The number of likely N-dealkylation sites (tertiary alicyclic amines) is 1. The topological polar surface area (TPSA) is 37.3 Å². The van der Waals surface area contributed by atoms with Gasteiger partial charge in [-0.15, -0.1) is 0 Å². The molecule has 1 N–H and O–H groups in total. The van der Waals surface area contributed by atoms with Crippen LogP contribution in [0, 0.1) is 5.92 Å². The van der Waals surface area contributed by atoms with E-state index < -0.39 is 0 Å². The average molecular weight is 314 g/mol. The minimum absolute atomic E-state index is 0.0182. The molecule has 1 aliphatic rings. The first-order chi connectivity index (χ1) is 8.47. The van der Waals surface area contributed by atoms with Crippen molar-refractivity contribution in [2.75, 3.05) is 20.1 Å². The Morgan fingerprint density at radius 1 is 1.50 bits per heavy atom. The quantitative estimate of drug-likeness (QED) is 0.905. The predicted molar refractivity (Wildman–Crippen MR) is 75.6 cm³/mol. The molecule has 2 rings (SSSR count). The number of carbonyl (C=O) groups is 1. The molecule has 0 aliphatic carbocycles. The maximum Gasteiger partial charge on any atom is 0.268 e. The highest BCUT2D eigenvalue weighted by atomic mass is 79.9. The average Bonchev–Trinajstić information content (AvgIpc) is 2.62. The molecule has 1 amide bonds. The van der Waals surface area contributed by atoms with Gasteiger partial charge in [0.25, 0.3) is 5.91 Å². The minimum Gasteiger partial charge on any atom is -0.348 e. The summed E-state index contributed by atoms with van der Waals surface area (Å²) in [7, 11) is 4.01. The van der Waals surface area contributed by atoms with E-state index in [2.05, 4.69) is 40.1 Å². The third-order valence-electron chi connectivity index (χ3n) is 3.63. The molecule has 100 valence electrons. The van der Waals surface area contributed by atoms with Gasteiger partial charge in [-0.25, -0.2) is 0 Å². The van der Waals surface area contributed by atoms with E-state index in [1.165, 1.54) is 0 Å². The molecular formula is C13H20BrN3O. The molecule has 0 bridgehead atoms. The van der Waals surface area contributed by atoms with E-state index in [4.69, 9.17) is 0 Å². The van der Waals surface area contributed by atoms with Crippen LogP contribution in [0.2, 0.25) is 0 Å². The molecular weight excluding hydrogens is 294 g/mol. The van der Waals surface area contributed by atoms with E-state index in [0.29, 0.717) is 11.6 Å². The fourth-order valence-corrected chi connectivity index (χ4v) is 3.08. The number of nitrogens with zero attached hydrogens (tertiary/aromatic N) is 2. The summed E-state index contributed by atoms with van der Waals surface area (Å²) >= 11 is 3.39. The van der Waals surface area contributed by atoms with E-state index in [9.17, 15) is 4.79 Å². The SMILES string of the molecule is CC1CN(C)CCC1NC(=O)c1cc(Br)cn1C. The molecule has 4 nitrogen and oxygen atoms in total. The number of carbonyl (C=O) groups excluding carboxylic acids is 1. The molecule has 1 saturated heterocycles. The number of hydrogen-bond acceptors (Lipinski definition) is 2. The Hall–Kier alpha value is -0.810. The zero-order valence-electron chi connectivity index (χ0n) is 11.1. The van der Waals surface area contributed by atoms with Gasteiger partial charge < -0.3 is 14.8 Å². The number of rotatable bonds is 2. The van der Waals surface area contributed by atoms with Crippen LogP contribution in [0.15, 0.2) is 16.7 Å². The second kappa shape index (κ2) is 5.45. The van der Waals surface area contributed by atoms with Crippen LogP contribution in [-0.2, 0) is 7.05 Å². The van der Waals surface area contributed by atoms with Gasteiger partial charge in [0.15, 0.2) is 0 Å². The molecule has 0 radical (unpaired) electrons. The van der Waals surface area contributed by atoms with Crippen molar-refractivity contribution in [2.45, 2.75) is 19.4 Å². The number of halogens is 1. The maximum absolute atomic E-state index is 12.2. The molecule has 1 fully saturated rings. The molecule has 5 heteroatoms. The van der Waals surface area contributed by atoms with E-state index >= 15 is 0 Å². The van der Waals surface area contributed by atoms with Crippen LogP contribution in [0.25, 0.3) is 0 Å². The number of aromatic nitrogens is 1. The van der Waals surface area contributed by atoms with Gasteiger partial charge in [-0.1, -0.05) is 6.92 Å². The van der Waals surface area contributed by atoms with Gasteiger partial charge >= 0.3 is 0 Å². The third-order valence-corrected chi connectivity index (χ3v) is 4.06. The molecule has 2 heterocycles. The lowest BCUT2D eigenvalue weighted by Gasteiger charge is -2.35. The highest BCUT2D eigenvalue weighted by molar-refractivity contribution is 9.10. The molecule has 1 aliphatic heterocycles. The van der Waals surface area contributed by atoms with Crippen LogP contribution in [0.5, 0.6) is 0 Å². The molecule has 0 aromatic carbocycles. The number of amides is 1. The lowest BCUT2D eigenvalue weighted by molar-refractivity contribution is 0.0875. The van der Waals surface area contributed by atoms with Crippen molar-refractivity contribution in [3.63, 3.8) is 0 Å². The molecule has 2 unspecified atom stereocenters. The van der Waals surface area contributed by atoms with Gasteiger partial charge in [0.1, 0.15) is 5.69 Å². The fourth-order valence-electron chi connectivity index (χ4n) is 2.56. The summed E-state index contributed by atoms with van der Waals surface area (Å²) in [4.78, 5) is 14.5. The molecule has 0 spiro atoms. The minimum atomic E-state index is 0.0182. The maximum atomic E-state index is 12.2. The van der Waals surface area contributed by atoms with E-state index in [0.717, 1.165) is 24.0 Å². The summed E-state index contributed by atoms with van der Waals surface area (Å²) in [6, 6.07) is 2.14. The van der Waals surface area contributed by atoms with Crippen LogP contribution >= 0.6 is 15.9 Å². The Balaban J connectivity index is 2.01. The number of nitrogens with one attached hydrogen (secondary N) is 1. The smallest absolute Gasteiger partial charge is 0.268 e. The van der Waals surface area contributed by atoms with Gasteiger partial charge in [0, 0.05) is 30.3 Å². The first kappa shape index (κ1) is 13.6. The van der Waals surface area contributed by atoms with E-state index in [1.54, 1.807) is 0 Å². The zero-order chi connectivity index (χ0) is 13.3. The summed E-state index contributed by atoms with van der Waals surface area (Å²) in [6.45, 7) is 4.29. The van der Waals surface area contributed by atoms with Crippen molar-refractivity contribution in [2.24, 2.45) is 13.0 Å². The lowest BCUT2D eigenvalue weighted by atomic mass is 9.94. The fraction of sp³-hybridized carbons (Fsp3) is 0.615. The Kier molecular flexibility index (Phi) is 4.12. The van der Waals surface area contributed by atoms with E-state index in [-0.39, 0.29) is 11.9 Å². The largest absolute Gasteiger partial charge is 0.348 e. The van der Waals surface area contributed by atoms with Gasteiger partial charge in [0.05, 0.1) is 0 Å². The molecule has 1 aromatic rings. The second-order valence-corrected chi connectivity index (χ2v) is 6.18. The molecule has 0 saturated carbocycles. The highest BCUT2D eigenvalue weighted by Crippen LogP contribution is 2.17. The number of piperidine rings is 1. The number of hydrogen-bond donors (Lipinski definition) is 1. The summed E-state index contributed by atoms with van der Waals surface area (Å²) in [5.74, 6) is 0.515. The van der Waals surface area contributed by atoms with Crippen molar-refractivity contribution in [1.82, 2.24) is 14.8 Å². The first-order valence-corrected chi connectivity index (χ1v) is 7.08. The third kappa shape index (κ3) is 2.95. The van der Waals surface area contributed by atoms with Gasteiger partial charge in [0.2, 0.25) is 0 Å². The Morgan fingerprint density at radius 2 is 2.22 bits per heavy atom. The van der Waals surface area contributed by atoms with Crippen LogP contribution in [-0.4, -0.2) is 41.6 Å². The predicted octanol–water partition coefficient (Wildman–Crippen LogP) is 1.86. The van der Waals surface area contributed by atoms with Crippen molar-refractivity contribution in [3.05, 3.63) is 22.4 Å².